The summed E-state index contributed by atoms with van der Waals surface area (Å²) in [5.41, 5.74) is 7.29. The Morgan fingerprint density at radius 3 is 2.53 bits per heavy atom. The van der Waals surface area contributed by atoms with Crippen LogP contribution in [-0.2, 0) is 15.3 Å². The number of sulfone groups is 1. The summed E-state index contributed by atoms with van der Waals surface area (Å²) in [6.07, 6.45) is 2.39. The molecule has 1 aliphatic heterocycles. The van der Waals surface area contributed by atoms with Gasteiger partial charge < -0.3 is 5.73 Å². The third kappa shape index (κ3) is 2.46. The summed E-state index contributed by atoms with van der Waals surface area (Å²) in [6, 6.07) is -0.0570. The van der Waals surface area contributed by atoms with Gasteiger partial charge in [-0.3, -0.25) is 4.68 Å². The Morgan fingerprint density at radius 2 is 2.12 bits per heavy atom. The molecule has 0 saturated carbocycles. The van der Waals surface area contributed by atoms with Crippen molar-refractivity contribution >= 4 is 15.5 Å². The average Bonchev–Trinajstić information content (AvgIpc) is 2.67. The van der Waals surface area contributed by atoms with Crippen LogP contribution >= 0.6 is 0 Å². The molecule has 0 aromatic carbocycles. The minimum absolute atomic E-state index is 0.0570. The van der Waals surface area contributed by atoms with Gasteiger partial charge in [-0.05, 0) is 6.42 Å². The lowest BCUT2D eigenvalue weighted by Gasteiger charge is -2.16. The van der Waals surface area contributed by atoms with Gasteiger partial charge in [0, 0.05) is 11.6 Å². The second-order valence-corrected chi connectivity index (χ2v) is 7.95. The van der Waals surface area contributed by atoms with Gasteiger partial charge in [0.15, 0.2) is 9.84 Å². The van der Waals surface area contributed by atoms with E-state index in [1.165, 1.54) is 0 Å². The van der Waals surface area contributed by atoms with Gasteiger partial charge in [0.2, 0.25) is 0 Å². The first-order valence-corrected chi connectivity index (χ1v) is 7.57. The van der Waals surface area contributed by atoms with E-state index in [0.717, 1.165) is 5.69 Å². The van der Waals surface area contributed by atoms with Gasteiger partial charge in [0.25, 0.3) is 0 Å². The van der Waals surface area contributed by atoms with Crippen molar-refractivity contribution in [3.8, 4) is 0 Å². The highest BCUT2D eigenvalue weighted by Gasteiger charge is 2.31. The SMILES string of the molecule is CC(C)(C)c1nn(C2CCS(=O)(=O)C2)cc1N. The molecule has 5 nitrogen and oxygen atoms in total. The maximum atomic E-state index is 11.4. The van der Waals surface area contributed by atoms with Crippen molar-refractivity contribution in [1.82, 2.24) is 9.78 Å². The lowest BCUT2D eigenvalue weighted by atomic mass is 9.92. The molecule has 1 aliphatic rings. The molecule has 1 fully saturated rings. The van der Waals surface area contributed by atoms with Crippen LogP contribution < -0.4 is 5.73 Å². The van der Waals surface area contributed by atoms with Crippen LogP contribution in [0.15, 0.2) is 6.20 Å². The normalized spacial score (nSPS) is 24.1. The number of aromatic nitrogens is 2. The predicted octanol–water partition coefficient (Wildman–Crippen LogP) is 1.12. The van der Waals surface area contributed by atoms with Crippen LogP contribution in [0.1, 0.15) is 38.9 Å². The minimum Gasteiger partial charge on any atom is -0.396 e. The maximum Gasteiger partial charge on any atom is 0.152 e. The third-order valence-electron chi connectivity index (χ3n) is 3.05. The highest BCUT2D eigenvalue weighted by molar-refractivity contribution is 7.91. The summed E-state index contributed by atoms with van der Waals surface area (Å²) >= 11 is 0. The number of nitrogen functional groups attached to an aromatic ring is 1. The van der Waals surface area contributed by atoms with Crippen molar-refractivity contribution in [1.29, 1.82) is 0 Å². The number of anilines is 1. The molecule has 2 rings (SSSR count). The zero-order valence-corrected chi connectivity index (χ0v) is 11.3. The molecule has 1 unspecified atom stereocenters. The fourth-order valence-corrected chi connectivity index (χ4v) is 3.86. The molecule has 2 heterocycles. The molecule has 0 amide bonds. The van der Waals surface area contributed by atoms with Crippen LogP contribution in [0, 0.1) is 0 Å². The maximum absolute atomic E-state index is 11.4. The Labute approximate surface area is 102 Å². The van der Waals surface area contributed by atoms with Gasteiger partial charge in [0.05, 0.1) is 28.9 Å². The predicted molar refractivity (Wildman–Crippen MR) is 67.6 cm³/mol. The number of rotatable bonds is 1. The van der Waals surface area contributed by atoms with Gasteiger partial charge in [0.1, 0.15) is 0 Å². The Hall–Kier alpha value is -1.04. The van der Waals surface area contributed by atoms with E-state index in [1.54, 1.807) is 10.9 Å². The number of hydrogen-bond acceptors (Lipinski definition) is 4. The highest BCUT2D eigenvalue weighted by atomic mass is 32.2. The van der Waals surface area contributed by atoms with Gasteiger partial charge in [-0.25, -0.2) is 8.42 Å². The van der Waals surface area contributed by atoms with Gasteiger partial charge >= 0.3 is 0 Å². The summed E-state index contributed by atoms with van der Waals surface area (Å²) in [4.78, 5) is 0. The van der Waals surface area contributed by atoms with Gasteiger partial charge in [-0.15, -0.1) is 0 Å². The summed E-state index contributed by atoms with van der Waals surface area (Å²) in [7, 11) is -2.88. The lowest BCUT2D eigenvalue weighted by Crippen LogP contribution is -2.16. The summed E-state index contributed by atoms with van der Waals surface area (Å²) in [5.74, 6) is 0.431. The van der Waals surface area contributed by atoms with E-state index in [1.807, 2.05) is 20.8 Å². The Bertz CT molecular complexity index is 525. The number of hydrogen-bond donors (Lipinski definition) is 1. The molecule has 1 aromatic heterocycles. The van der Waals surface area contributed by atoms with Crippen molar-refractivity contribution in [3.63, 3.8) is 0 Å². The molecule has 0 spiro atoms. The van der Waals surface area contributed by atoms with E-state index in [9.17, 15) is 8.42 Å². The van der Waals surface area contributed by atoms with Crippen molar-refractivity contribution in [2.24, 2.45) is 0 Å². The highest BCUT2D eigenvalue weighted by Crippen LogP contribution is 2.29. The fraction of sp³-hybridized carbons (Fsp3) is 0.727. The standard InChI is InChI=1S/C11H19N3O2S/c1-11(2,3)10-9(12)6-14(13-10)8-4-5-17(15,16)7-8/h6,8H,4-5,7,12H2,1-3H3. The van der Waals surface area contributed by atoms with Crippen LogP contribution in [0.25, 0.3) is 0 Å². The summed E-state index contributed by atoms with van der Waals surface area (Å²) < 4.78 is 24.6. The monoisotopic (exact) mass is 257 g/mol. The smallest absolute Gasteiger partial charge is 0.152 e. The minimum atomic E-state index is -2.88. The van der Waals surface area contributed by atoms with Crippen LogP contribution in [0.4, 0.5) is 5.69 Å². The van der Waals surface area contributed by atoms with E-state index >= 15 is 0 Å². The molecular weight excluding hydrogens is 238 g/mol. The van der Waals surface area contributed by atoms with Crippen molar-refractivity contribution in [2.45, 2.75) is 38.6 Å². The van der Waals surface area contributed by atoms with Crippen molar-refractivity contribution in [2.75, 3.05) is 17.2 Å². The van der Waals surface area contributed by atoms with Crippen LogP contribution in [0.2, 0.25) is 0 Å². The van der Waals surface area contributed by atoms with Crippen molar-refractivity contribution in [3.05, 3.63) is 11.9 Å². The van der Waals surface area contributed by atoms with Crippen LogP contribution in [-0.4, -0.2) is 29.7 Å². The first kappa shape index (κ1) is 12.4. The molecule has 6 heteroatoms. The van der Waals surface area contributed by atoms with Gasteiger partial charge in [-0.1, -0.05) is 20.8 Å². The second kappa shape index (κ2) is 3.73. The number of nitrogens with two attached hydrogens (primary N) is 1. The Kier molecular flexibility index (Phi) is 2.72. The third-order valence-corrected chi connectivity index (χ3v) is 4.80. The van der Waals surface area contributed by atoms with Gasteiger partial charge in [-0.2, -0.15) is 5.10 Å². The van der Waals surface area contributed by atoms with E-state index in [2.05, 4.69) is 5.10 Å². The molecule has 17 heavy (non-hydrogen) atoms. The Balaban J connectivity index is 2.31. The first-order valence-electron chi connectivity index (χ1n) is 5.74. The topological polar surface area (TPSA) is 78.0 Å². The second-order valence-electron chi connectivity index (χ2n) is 5.72. The largest absolute Gasteiger partial charge is 0.396 e. The van der Waals surface area contributed by atoms with Crippen LogP contribution in [0.5, 0.6) is 0 Å². The average molecular weight is 257 g/mol. The molecule has 0 bridgehead atoms. The summed E-state index contributed by atoms with van der Waals surface area (Å²) in [6.45, 7) is 6.13. The zero-order valence-electron chi connectivity index (χ0n) is 10.5. The first-order chi connectivity index (χ1) is 7.69. The molecule has 1 atom stereocenters. The fourth-order valence-electron chi connectivity index (χ4n) is 2.16. The van der Waals surface area contributed by atoms with E-state index in [0.29, 0.717) is 12.1 Å². The number of nitrogens with zero attached hydrogens (tertiary/aromatic N) is 2. The summed E-state index contributed by atoms with van der Waals surface area (Å²) in [5, 5.41) is 4.46. The molecular formula is C11H19N3O2S. The van der Waals surface area contributed by atoms with Crippen LogP contribution in [0.3, 0.4) is 0 Å². The molecule has 96 valence electrons. The molecule has 1 aromatic rings. The van der Waals surface area contributed by atoms with Crippen molar-refractivity contribution < 1.29 is 8.42 Å². The molecule has 0 radical (unpaired) electrons. The van der Waals surface area contributed by atoms with E-state index < -0.39 is 9.84 Å². The quantitative estimate of drug-likeness (QED) is 0.818. The van der Waals surface area contributed by atoms with E-state index in [4.69, 9.17) is 5.73 Å². The Morgan fingerprint density at radius 1 is 1.47 bits per heavy atom. The lowest BCUT2D eigenvalue weighted by molar-refractivity contribution is 0.474. The molecule has 0 aliphatic carbocycles. The molecule has 1 saturated heterocycles. The zero-order chi connectivity index (χ0) is 12.8. The van der Waals surface area contributed by atoms with E-state index in [-0.39, 0.29) is 23.0 Å². The molecule has 2 N–H and O–H groups in total.